The monoisotopic (exact) mass is 329 g/mol. The molecule has 1 aliphatic carbocycles. The van der Waals surface area contributed by atoms with Crippen LogP contribution in [0, 0.1) is 0 Å². The number of carbonyl (C=O) groups excluding carboxylic acids is 1. The molecule has 1 amide bonds. The van der Waals surface area contributed by atoms with Gasteiger partial charge in [0.1, 0.15) is 0 Å². The highest BCUT2D eigenvalue weighted by Gasteiger charge is 2.33. The van der Waals surface area contributed by atoms with E-state index in [2.05, 4.69) is 5.32 Å². The summed E-state index contributed by atoms with van der Waals surface area (Å²) < 4.78 is 5.13. The number of nitrogens with one attached hydrogen (secondary N) is 1. The van der Waals surface area contributed by atoms with Crippen molar-refractivity contribution < 1.29 is 14.6 Å². The van der Waals surface area contributed by atoms with E-state index in [4.69, 9.17) is 4.74 Å². The molecular formula is C18H19NO3S. The fourth-order valence-electron chi connectivity index (χ4n) is 3.73. The minimum absolute atomic E-state index is 0.0219. The molecule has 1 atom stereocenters. The van der Waals surface area contributed by atoms with Crippen LogP contribution in [0.2, 0.25) is 0 Å². The van der Waals surface area contributed by atoms with Gasteiger partial charge >= 0.3 is 0 Å². The quantitative estimate of drug-likeness (QED) is 0.881. The average Bonchev–Trinajstić information content (AvgIpc) is 2.92. The van der Waals surface area contributed by atoms with Gasteiger partial charge in [0, 0.05) is 17.2 Å². The Kier molecular flexibility index (Phi) is 3.53. The summed E-state index contributed by atoms with van der Waals surface area (Å²) in [6.45, 7) is 0. The van der Waals surface area contributed by atoms with Crippen LogP contribution >= 0.6 is 11.3 Å². The van der Waals surface area contributed by atoms with Gasteiger partial charge < -0.3 is 15.2 Å². The summed E-state index contributed by atoms with van der Waals surface area (Å²) in [5.41, 5.74) is 3.68. The lowest BCUT2D eigenvalue weighted by Crippen LogP contribution is -2.23. The molecule has 2 heterocycles. The summed E-state index contributed by atoms with van der Waals surface area (Å²) in [4.78, 5) is 13.6. The second-order valence-electron chi connectivity index (χ2n) is 6.19. The van der Waals surface area contributed by atoms with Crippen molar-refractivity contribution in [3.63, 3.8) is 0 Å². The van der Waals surface area contributed by atoms with E-state index in [0.29, 0.717) is 12.2 Å². The van der Waals surface area contributed by atoms with Gasteiger partial charge in [-0.2, -0.15) is 0 Å². The number of amides is 1. The Morgan fingerprint density at radius 1 is 1.30 bits per heavy atom. The van der Waals surface area contributed by atoms with E-state index < -0.39 is 0 Å². The molecule has 4 nitrogen and oxygen atoms in total. The van der Waals surface area contributed by atoms with Crippen LogP contribution in [0.1, 0.15) is 46.7 Å². The van der Waals surface area contributed by atoms with E-state index in [-0.39, 0.29) is 17.6 Å². The molecule has 0 bridgehead atoms. The summed E-state index contributed by atoms with van der Waals surface area (Å²) in [5, 5.41) is 14.2. The van der Waals surface area contributed by atoms with E-state index in [1.165, 1.54) is 36.0 Å². The molecule has 0 saturated heterocycles. The van der Waals surface area contributed by atoms with Crippen molar-refractivity contribution in [2.45, 2.75) is 38.0 Å². The van der Waals surface area contributed by atoms with Crippen LogP contribution in [0.25, 0.3) is 0 Å². The number of ether oxygens (including phenoxy) is 1. The van der Waals surface area contributed by atoms with E-state index in [9.17, 15) is 9.90 Å². The minimum Gasteiger partial charge on any atom is -0.504 e. The summed E-state index contributed by atoms with van der Waals surface area (Å²) >= 11 is 1.73. The Morgan fingerprint density at radius 3 is 2.91 bits per heavy atom. The Morgan fingerprint density at radius 2 is 2.13 bits per heavy atom. The van der Waals surface area contributed by atoms with Crippen molar-refractivity contribution >= 4 is 22.2 Å². The maximum atomic E-state index is 12.1. The van der Waals surface area contributed by atoms with Gasteiger partial charge in [0.25, 0.3) is 0 Å². The highest BCUT2D eigenvalue weighted by atomic mass is 32.1. The van der Waals surface area contributed by atoms with Gasteiger partial charge in [-0.15, -0.1) is 11.3 Å². The molecule has 0 fully saturated rings. The van der Waals surface area contributed by atoms with Gasteiger partial charge in [0.2, 0.25) is 5.91 Å². The lowest BCUT2D eigenvalue weighted by molar-refractivity contribution is -0.116. The number of rotatable bonds is 2. The third kappa shape index (κ3) is 2.39. The maximum absolute atomic E-state index is 12.1. The van der Waals surface area contributed by atoms with Gasteiger partial charge in [-0.3, -0.25) is 4.79 Å². The number of phenolic OH excluding ortho intramolecular Hbond substituents is 1. The van der Waals surface area contributed by atoms with E-state index in [0.717, 1.165) is 23.4 Å². The van der Waals surface area contributed by atoms with Gasteiger partial charge in [-0.25, -0.2) is 0 Å². The van der Waals surface area contributed by atoms with Crippen molar-refractivity contribution in [3.8, 4) is 11.5 Å². The summed E-state index contributed by atoms with van der Waals surface area (Å²) in [7, 11) is 1.54. The van der Waals surface area contributed by atoms with Crippen LogP contribution in [0.15, 0.2) is 18.2 Å². The van der Waals surface area contributed by atoms with Gasteiger partial charge in [-0.05, 0) is 54.5 Å². The highest BCUT2D eigenvalue weighted by molar-refractivity contribution is 7.16. The first-order valence-electron chi connectivity index (χ1n) is 7.98. The van der Waals surface area contributed by atoms with Gasteiger partial charge in [0.15, 0.2) is 11.5 Å². The summed E-state index contributed by atoms with van der Waals surface area (Å²) in [6.07, 6.45) is 5.08. The molecule has 2 aromatic rings. The molecule has 120 valence electrons. The molecular weight excluding hydrogens is 310 g/mol. The van der Waals surface area contributed by atoms with Crippen LogP contribution in [-0.4, -0.2) is 18.1 Å². The first-order chi connectivity index (χ1) is 11.2. The standard InChI is InChI=1S/C18H19NO3S/c1-22-14-7-6-10(8-13(14)20)12-9-16(21)19-18-17(12)11-4-2-3-5-15(11)23-18/h6-8,12,20H,2-5,9H2,1H3,(H,19,21)/t12-/m1/s1. The normalized spacial score (nSPS) is 19.7. The Labute approximate surface area is 139 Å². The van der Waals surface area contributed by atoms with E-state index in [1.807, 2.05) is 6.07 Å². The topological polar surface area (TPSA) is 58.6 Å². The van der Waals surface area contributed by atoms with E-state index in [1.54, 1.807) is 23.5 Å². The highest BCUT2D eigenvalue weighted by Crippen LogP contribution is 2.48. The van der Waals surface area contributed by atoms with Crippen LogP contribution < -0.4 is 10.1 Å². The van der Waals surface area contributed by atoms with Crippen molar-refractivity contribution in [3.05, 3.63) is 39.8 Å². The molecule has 1 aromatic heterocycles. The van der Waals surface area contributed by atoms with Crippen LogP contribution in [0.5, 0.6) is 11.5 Å². The molecule has 2 aliphatic rings. The molecule has 0 unspecified atom stereocenters. The molecule has 5 heteroatoms. The predicted molar refractivity (Wildman–Crippen MR) is 90.7 cm³/mol. The number of anilines is 1. The average molecular weight is 329 g/mol. The third-order valence-corrected chi connectivity index (χ3v) is 6.03. The lowest BCUT2D eigenvalue weighted by Gasteiger charge is -2.25. The maximum Gasteiger partial charge on any atom is 0.225 e. The lowest BCUT2D eigenvalue weighted by atomic mass is 9.82. The van der Waals surface area contributed by atoms with Crippen LogP contribution in [0.4, 0.5) is 5.00 Å². The van der Waals surface area contributed by atoms with Crippen molar-refractivity contribution in [1.29, 1.82) is 0 Å². The largest absolute Gasteiger partial charge is 0.504 e. The Hall–Kier alpha value is -2.01. The SMILES string of the molecule is COc1ccc([C@H]2CC(=O)Nc3sc4c(c32)CCCC4)cc1O. The molecule has 0 radical (unpaired) electrons. The zero-order chi connectivity index (χ0) is 16.0. The molecule has 1 aromatic carbocycles. The molecule has 2 N–H and O–H groups in total. The van der Waals surface area contributed by atoms with Crippen molar-refractivity contribution in [1.82, 2.24) is 0 Å². The van der Waals surface area contributed by atoms with Crippen molar-refractivity contribution in [2.24, 2.45) is 0 Å². The molecule has 0 saturated carbocycles. The number of methoxy groups -OCH3 is 1. The minimum atomic E-state index is 0.0219. The zero-order valence-corrected chi connectivity index (χ0v) is 13.8. The van der Waals surface area contributed by atoms with Gasteiger partial charge in [0.05, 0.1) is 12.1 Å². The fraction of sp³-hybridized carbons (Fsp3) is 0.389. The molecule has 1 aliphatic heterocycles. The molecule has 23 heavy (non-hydrogen) atoms. The first-order valence-corrected chi connectivity index (χ1v) is 8.80. The number of aromatic hydroxyl groups is 1. The van der Waals surface area contributed by atoms with Gasteiger partial charge in [-0.1, -0.05) is 6.07 Å². The number of carbonyl (C=O) groups is 1. The second kappa shape index (κ2) is 5.57. The number of thiophene rings is 1. The number of benzene rings is 1. The first kappa shape index (κ1) is 14.6. The summed E-state index contributed by atoms with van der Waals surface area (Å²) in [6, 6.07) is 5.47. The predicted octanol–water partition coefficient (Wildman–Crippen LogP) is 3.82. The van der Waals surface area contributed by atoms with Crippen LogP contribution in [-0.2, 0) is 17.6 Å². The number of phenols is 1. The Bertz CT molecular complexity index is 781. The smallest absolute Gasteiger partial charge is 0.225 e. The summed E-state index contributed by atoms with van der Waals surface area (Å²) in [5.74, 6) is 0.660. The number of hydrogen-bond acceptors (Lipinski definition) is 4. The molecule has 4 rings (SSSR count). The van der Waals surface area contributed by atoms with Crippen molar-refractivity contribution in [2.75, 3.05) is 12.4 Å². The number of aryl methyl sites for hydroxylation is 1. The van der Waals surface area contributed by atoms with Crippen LogP contribution in [0.3, 0.4) is 0 Å². The second-order valence-corrected chi connectivity index (χ2v) is 7.30. The zero-order valence-electron chi connectivity index (χ0n) is 13.0. The Balaban J connectivity index is 1.82. The third-order valence-electron chi connectivity index (χ3n) is 4.81. The number of fused-ring (bicyclic) bond motifs is 3. The number of hydrogen-bond donors (Lipinski definition) is 2. The molecule has 0 spiro atoms. The van der Waals surface area contributed by atoms with E-state index >= 15 is 0 Å². The fourth-order valence-corrected chi connectivity index (χ4v) is 5.09.